The summed E-state index contributed by atoms with van der Waals surface area (Å²) in [4.78, 5) is 4.76. The average Bonchev–Trinajstić information content (AvgIpc) is 3.19. The Hall–Kier alpha value is -3.36. The van der Waals surface area contributed by atoms with Crippen LogP contribution in [0.25, 0.3) is 44.8 Å². The molecule has 0 aliphatic rings. The van der Waals surface area contributed by atoms with E-state index in [0.29, 0.717) is 10.9 Å². The van der Waals surface area contributed by atoms with Crippen LogP contribution in [0.5, 0.6) is 0 Å². The quantitative estimate of drug-likeness (QED) is 0.323. The minimum absolute atomic E-state index is 0.597. The molecular weight excluding hydrogens is 366 g/mol. The first kappa shape index (κ1) is 16.8. The van der Waals surface area contributed by atoms with Gasteiger partial charge in [0.1, 0.15) is 5.52 Å². The predicted octanol–water partition coefficient (Wildman–Crippen LogP) is 7.48. The zero-order valence-electron chi connectivity index (χ0n) is 15.0. The van der Waals surface area contributed by atoms with Crippen molar-refractivity contribution < 1.29 is 4.42 Å². The van der Waals surface area contributed by atoms with Gasteiger partial charge in [-0.1, -0.05) is 78.3 Å². The number of benzene rings is 4. The molecule has 0 aliphatic heterocycles. The van der Waals surface area contributed by atoms with Gasteiger partial charge >= 0.3 is 0 Å². The summed E-state index contributed by atoms with van der Waals surface area (Å²) in [6, 6.07) is 32.5. The van der Waals surface area contributed by atoms with Gasteiger partial charge in [-0.3, -0.25) is 0 Å². The number of nitrogens with zero attached hydrogens (tertiary/aromatic N) is 1. The van der Waals surface area contributed by atoms with E-state index in [-0.39, 0.29) is 0 Å². The van der Waals surface area contributed by atoms with Crippen molar-refractivity contribution in [2.45, 2.75) is 0 Å². The summed E-state index contributed by atoms with van der Waals surface area (Å²) >= 11 is 5.99. The molecule has 2 nitrogen and oxygen atoms in total. The van der Waals surface area contributed by atoms with Crippen molar-refractivity contribution in [2.75, 3.05) is 0 Å². The third kappa shape index (κ3) is 3.08. The molecule has 0 saturated carbocycles. The molecule has 0 unspecified atom stereocenters. The Bertz CT molecular complexity index is 1240. The number of hydrogen-bond acceptors (Lipinski definition) is 2. The summed E-state index contributed by atoms with van der Waals surface area (Å²) in [5.74, 6) is 0.597. The Kier molecular flexibility index (Phi) is 4.19. The average molecular weight is 382 g/mol. The van der Waals surface area contributed by atoms with Gasteiger partial charge in [-0.25, -0.2) is 4.98 Å². The minimum atomic E-state index is 0.597. The first-order valence-electron chi connectivity index (χ1n) is 9.09. The van der Waals surface area contributed by atoms with Crippen LogP contribution >= 0.6 is 11.6 Å². The van der Waals surface area contributed by atoms with E-state index in [4.69, 9.17) is 21.0 Å². The summed E-state index contributed by atoms with van der Waals surface area (Å²) in [7, 11) is 0. The molecule has 4 aromatic carbocycles. The fraction of sp³-hybridized carbons (Fsp3) is 0. The van der Waals surface area contributed by atoms with E-state index in [2.05, 4.69) is 54.6 Å². The van der Waals surface area contributed by atoms with Crippen molar-refractivity contribution in [2.24, 2.45) is 0 Å². The number of halogens is 1. The molecule has 0 fully saturated rings. The van der Waals surface area contributed by atoms with Gasteiger partial charge in [0, 0.05) is 16.1 Å². The van der Waals surface area contributed by atoms with Gasteiger partial charge in [-0.05, 0) is 47.0 Å². The zero-order valence-corrected chi connectivity index (χ0v) is 15.7. The van der Waals surface area contributed by atoms with Gasteiger partial charge in [-0.15, -0.1) is 0 Å². The third-order valence-corrected chi connectivity index (χ3v) is 5.07. The Labute approximate surface area is 168 Å². The van der Waals surface area contributed by atoms with Crippen molar-refractivity contribution in [1.82, 2.24) is 4.98 Å². The Balaban J connectivity index is 1.56. The lowest BCUT2D eigenvalue weighted by molar-refractivity contribution is 0.620. The SMILES string of the molecule is Clc1ccc(-c2nc3c(-c4ccc(-c5ccccc5)cc4)cccc3o2)cc1. The molecule has 0 bridgehead atoms. The summed E-state index contributed by atoms with van der Waals surface area (Å²) in [6.07, 6.45) is 0. The number of hydrogen-bond donors (Lipinski definition) is 0. The lowest BCUT2D eigenvalue weighted by atomic mass is 10.00. The highest BCUT2D eigenvalue weighted by Crippen LogP contribution is 2.33. The molecule has 0 N–H and O–H groups in total. The van der Waals surface area contributed by atoms with Crippen LogP contribution in [0.3, 0.4) is 0 Å². The first-order valence-corrected chi connectivity index (χ1v) is 9.47. The second-order valence-electron chi connectivity index (χ2n) is 6.62. The van der Waals surface area contributed by atoms with Crippen molar-refractivity contribution in [3.05, 3.63) is 102 Å². The molecule has 0 radical (unpaired) electrons. The molecule has 0 atom stereocenters. The Morgan fingerprint density at radius 3 is 1.96 bits per heavy atom. The van der Waals surface area contributed by atoms with E-state index in [1.165, 1.54) is 11.1 Å². The summed E-state index contributed by atoms with van der Waals surface area (Å²) in [6.45, 7) is 0. The van der Waals surface area contributed by atoms with E-state index in [9.17, 15) is 0 Å². The van der Waals surface area contributed by atoms with Crippen molar-refractivity contribution in [3.8, 4) is 33.7 Å². The Morgan fingerprint density at radius 1 is 0.571 bits per heavy atom. The topological polar surface area (TPSA) is 26.0 Å². The van der Waals surface area contributed by atoms with E-state index in [1.807, 2.05) is 42.5 Å². The zero-order chi connectivity index (χ0) is 18.9. The molecule has 1 aromatic heterocycles. The molecule has 3 heteroatoms. The van der Waals surface area contributed by atoms with Crippen LogP contribution in [0, 0.1) is 0 Å². The smallest absolute Gasteiger partial charge is 0.227 e. The highest BCUT2D eigenvalue weighted by Gasteiger charge is 2.13. The molecule has 1 heterocycles. The normalized spacial score (nSPS) is 11.0. The fourth-order valence-corrected chi connectivity index (χ4v) is 3.50. The van der Waals surface area contributed by atoms with E-state index < -0.39 is 0 Å². The van der Waals surface area contributed by atoms with Gasteiger partial charge < -0.3 is 4.42 Å². The number of oxazole rings is 1. The van der Waals surface area contributed by atoms with Crippen molar-refractivity contribution in [3.63, 3.8) is 0 Å². The van der Waals surface area contributed by atoms with Gasteiger partial charge in [0.2, 0.25) is 5.89 Å². The van der Waals surface area contributed by atoms with Gasteiger partial charge in [-0.2, -0.15) is 0 Å². The Morgan fingerprint density at radius 2 is 1.21 bits per heavy atom. The van der Waals surface area contributed by atoms with Crippen LogP contribution in [-0.4, -0.2) is 4.98 Å². The molecule has 5 aromatic rings. The molecule has 28 heavy (non-hydrogen) atoms. The van der Waals surface area contributed by atoms with Crippen LogP contribution in [0.2, 0.25) is 5.02 Å². The lowest BCUT2D eigenvalue weighted by Crippen LogP contribution is -1.82. The van der Waals surface area contributed by atoms with Crippen LogP contribution in [0.4, 0.5) is 0 Å². The predicted molar refractivity (Wildman–Crippen MR) is 115 cm³/mol. The third-order valence-electron chi connectivity index (χ3n) is 4.81. The fourth-order valence-electron chi connectivity index (χ4n) is 3.37. The standard InChI is InChI=1S/C25H16ClNO/c26-21-15-13-20(14-16-21)25-27-24-22(7-4-8-23(24)28-25)19-11-9-18(10-12-19)17-5-2-1-3-6-17/h1-16H. The molecule has 0 aliphatic carbocycles. The van der Waals surface area contributed by atoms with Crippen LogP contribution in [-0.2, 0) is 0 Å². The molecule has 134 valence electrons. The van der Waals surface area contributed by atoms with Gasteiger partial charge in [0.05, 0.1) is 0 Å². The molecule has 0 spiro atoms. The number of aromatic nitrogens is 1. The van der Waals surface area contributed by atoms with Crippen molar-refractivity contribution in [1.29, 1.82) is 0 Å². The maximum absolute atomic E-state index is 5.99. The highest BCUT2D eigenvalue weighted by atomic mass is 35.5. The first-order chi connectivity index (χ1) is 13.8. The lowest BCUT2D eigenvalue weighted by Gasteiger charge is -2.05. The highest BCUT2D eigenvalue weighted by molar-refractivity contribution is 6.30. The van der Waals surface area contributed by atoms with Crippen LogP contribution in [0.15, 0.2) is 101 Å². The molecule has 0 amide bonds. The molecule has 0 saturated heterocycles. The van der Waals surface area contributed by atoms with E-state index >= 15 is 0 Å². The molecule has 5 rings (SSSR count). The van der Waals surface area contributed by atoms with Gasteiger partial charge in [0.25, 0.3) is 0 Å². The van der Waals surface area contributed by atoms with Crippen molar-refractivity contribution >= 4 is 22.7 Å². The second kappa shape index (κ2) is 6.99. The summed E-state index contributed by atoms with van der Waals surface area (Å²) in [5, 5.41) is 0.694. The van der Waals surface area contributed by atoms with E-state index in [1.54, 1.807) is 0 Å². The summed E-state index contributed by atoms with van der Waals surface area (Å²) in [5.41, 5.74) is 7.11. The van der Waals surface area contributed by atoms with Crippen LogP contribution in [0.1, 0.15) is 0 Å². The number of rotatable bonds is 3. The molecular formula is C25H16ClNO. The monoisotopic (exact) mass is 381 g/mol. The number of fused-ring (bicyclic) bond motifs is 1. The van der Waals surface area contributed by atoms with E-state index in [0.717, 1.165) is 27.8 Å². The minimum Gasteiger partial charge on any atom is -0.436 e. The van der Waals surface area contributed by atoms with Crippen LogP contribution < -0.4 is 0 Å². The number of para-hydroxylation sites is 1. The van der Waals surface area contributed by atoms with Gasteiger partial charge in [0.15, 0.2) is 5.58 Å². The maximum atomic E-state index is 5.99. The maximum Gasteiger partial charge on any atom is 0.227 e. The second-order valence-corrected chi connectivity index (χ2v) is 7.06. The largest absolute Gasteiger partial charge is 0.436 e. The summed E-state index contributed by atoms with van der Waals surface area (Å²) < 4.78 is 5.99.